The van der Waals surface area contributed by atoms with Crippen LogP contribution in [0.3, 0.4) is 0 Å². The molecule has 0 bridgehead atoms. The van der Waals surface area contributed by atoms with Crippen LogP contribution in [0.5, 0.6) is 0 Å². The molecule has 0 aliphatic rings. The molecule has 0 saturated heterocycles. The van der Waals surface area contributed by atoms with Crippen molar-refractivity contribution < 1.29 is 17.9 Å². The summed E-state index contributed by atoms with van der Waals surface area (Å²) >= 11 is 6.14. The van der Waals surface area contributed by atoms with Crippen molar-refractivity contribution in [3.63, 3.8) is 0 Å². The van der Waals surface area contributed by atoms with Gasteiger partial charge < -0.3 is 4.74 Å². The molecule has 2 rings (SSSR count). The van der Waals surface area contributed by atoms with E-state index in [1.165, 1.54) is 4.31 Å². The number of ether oxygens (including phenoxy) is 1. The van der Waals surface area contributed by atoms with Crippen LogP contribution >= 0.6 is 11.6 Å². The smallest absolute Gasteiger partial charge is 0.338 e. The number of nitrogens with zero attached hydrogens (tertiary/aromatic N) is 1. The fraction of sp³-hybridized carbons (Fsp3) is 0.381. The number of benzene rings is 2. The van der Waals surface area contributed by atoms with Crippen LogP contribution in [0.1, 0.15) is 48.2 Å². The average Bonchev–Trinajstić information content (AvgIpc) is 2.65. The second-order valence-corrected chi connectivity index (χ2v) is 8.80. The highest BCUT2D eigenvalue weighted by atomic mass is 35.5. The lowest BCUT2D eigenvalue weighted by atomic mass is 10.2. The maximum Gasteiger partial charge on any atom is 0.338 e. The first-order valence-corrected chi connectivity index (χ1v) is 11.1. The topological polar surface area (TPSA) is 63.7 Å². The summed E-state index contributed by atoms with van der Waals surface area (Å²) < 4.78 is 33.2. The molecule has 2 aromatic carbocycles. The Kier molecular flexibility index (Phi) is 7.49. The zero-order valence-electron chi connectivity index (χ0n) is 16.7. The number of hydrogen-bond acceptors (Lipinski definition) is 4. The summed E-state index contributed by atoms with van der Waals surface area (Å²) in [5, 5.41) is 0.537. The van der Waals surface area contributed by atoms with E-state index in [2.05, 4.69) is 0 Å². The normalized spacial score (nSPS) is 11.3. The predicted octanol–water partition coefficient (Wildman–Crippen LogP) is 5.13. The molecule has 0 N–H and O–H groups in total. The van der Waals surface area contributed by atoms with Crippen molar-refractivity contribution in [1.82, 2.24) is 0 Å². The lowest BCUT2D eigenvalue weighted by Gasteiger charge is -2.26. The second-order valence-electron chi connectivity index (χ2n) is 6.56. The van der Waals surface area contributed by atoms with Crippen LogP contribution < -0.4 is 4.31 Å². The minimum atomic E-state index is -3.78. The summed E-state index contributed by atoms with van der Waals surface area (Å²) in [5.74, 6) is -0.429. The average molecular weight is 424 g/mol. The minimum absolute atomic E-state index is 0.236. The molecule has 0 radical (unpaired) electrons. The zero-order valence-corrected chi connectivity index (χ0v) is 18.2. The summed E-state index contributed by atoms with van der Waals surface area (Å²) in [7, 11) is -3.78. The first-order chi connectivity index (χ1) is 13.2. The first-order valence-electron chi connectivity index (χ1n) is 9.29. The molecule has 0 aliphatic carbocycles. The van der Waals surface area contributed by atoms with E-state index in [9.17, 15) is 13.2 Å². The molecule has 0 heterocycles. The van der Waals surface area contributed by atoms with Gasteiger partial charge in [0.15, 0.2) is 0 Å². The van der Waals surface area contributed by atoms with E-state index in [0.29, 0.717) is 40.4 Å². The van der Waals surface area contributed by atoms with Gasteiger partial charge >= 0.3 is 5.97 Å². The number of rotatable bonds is 8. The van der Waals surface area contributed by atoms with Crippen LogP contribution in [0.25, 0.3) is 0 Å². The van der Waals surface area contributed by atoms with Gasteiger partial charge in [0.2, 0.25) is 0 Å². The fourth-order valence-corrected chi connectivity index (χ4v) is 4.83. The summed E-state index contributed by atoms with van der Waals surface area (Å²) in [4.78, 5) is 12.1. The lowest BCUT2D eigenvalue weighted by Crippen LogP contribution is -2.32. The quantitative estimate of drug-likeness (QED) is 0.552. The summed E-state index contributed by atoms with van der Waals surface area (Å²) in [6.07, 6.45) is 1.57. The van der Waals surface area contributed by atoms with E-state index >= 15 is 0 Å². The number of anilines is 1. The Balaban J connectivity index is 2.48. The number of esters is 1. The molecule has 0 fully saturated rings. The molecule has 0 aliphatic heterocycles. The highest BCUT2D eigenvalue weighted by Gasteiger charge is 2.27. The molecule has 0 amide bonds. The van der Waals surface area contributed by atoms with Crippen molar-refractivity contribution in [1.29, 1.82) is 0 Å². The van der Waals surface area contributed by atoms with Crippen LogP contribution in [-0.2, 0) is 14.8 Å². The molecular weight excluding hydrogens is 398 g/mol. The SMILES string of the molecule is CCCCN(c1ccc(C(=O)OCC)cc1)S(=O)(=O)c1cc(C)c(Cl)cc1C. The number of aryl methyl sites for hydroxylation is 2. The van der Waals surface area contributed by atoms with Gasteiger partial charge in [0.05, 0.1) is 22.8 Å². The van der Waals surface area contributed by atoms with Crippen LogP contribution in [-0.4, -0.2) is 27.5 Å². The summed E-state index contributed by atoms with van der Waals surface area (Å²) in [6, 6.07) is 9.73. The van der Waals surface area contributed by atoms with Gasteiger partial charge in [-0.05, 0) is 74.7 Å². The summed E-state index contributed by atoms with van der Waals surface area (Å²) in [5.41, 5.74) is 2.20. The predicted molar refractivity (Wildman–Crippen MR) is 113 cm³/mol. The van der Waals surface area contributed by atoms with Crippen molar-refractivity contribution >= 4 is 33.3 Å². The largest absolute Gasteiger partial charge is 0.462 e. The Morgan fingerprint density at radius 2 is 1.71 bits per heavy atom. The molecule has 0 atom stereocenters. The van der Waals surface area contributed by atoms with Gasteiger partial charge in [-0.3, -0.25) is 4.31 Å². The van der Waals surface area contributed by atoms with Gasteiger partial charge in [-0.15, -0.1) is 0 Å². The van der Waals surface area contributed by atoms with E-state index in [1.54, 1.807) is 57.2 Å². The van der Waals surface area contributed by atoms with E-state index in [4.69, 9.17) is 16.3 Å². The molecule has 2 aromatic rings. The Morgan fingerprint density at radius 1 is 1.07 bits per heavy atom. The standard InChI is InChI=1S/C21H26ClNO4S/c1-5-7-12-23(18-10-8-17(9-11-18)21(24)27-6-2)28(25,26)20-14-15(3)19(22)13-16(20)4/h8-11,13-14H,5-7,12H2,1-4H3. The number of sulfonamides is 1. The van der Waals surface area contributed by atoms with Crippen LogP contribution in [0.4, 0.5) is 5.69 Å². The number of hydrogen-bond donors (Lipinski definition) is 0. The highest BCUT2D eigenvalue weighted by Crippen LogP contribution is 2.30. The van der Waals surface area contributed by atoms with Crippen molar-refractivity contribution in [2.45, 2.75) is 45.4 Å². The van der Waals surface area contributed by atoms with Crippen molar-refractivity contribution in [3.05, 3.63) is 58.1 Å². The van der Waals surface area contributed by atoms with E-state index in [-0.39, 0.29) is 11.5 Å². The van der Waals surface area contributed by atoms with Crippen molar-refractivity contribution in [2.75, 3.05) is 17.5 Å². The first kappa shape index (κ1) is 22.2. The molecule has 0 spiro atoms. The monoisotopic (exact) mass is 423 g/mol. The zero-order chi connectivity index (χ0) is 20.9. The summed E-state index contributed by atoms with van der Waals surface area (Å²) in [6.45, 7) is 7.89. The number of halogens is 1. The maximum absolute atomic E-state index is 13.4. The fourth-order valence-electron chi connectivity index (χ4n) is 2.82. The van der Waals surface area contributed by atoms with Crippen LogP contribution in [0.15, 0.2) is 41.3 Å². The van der Waals surface area contributed by atoms with Gasteiger partial charge in [-0.25, -0.2) is 13.2 Å². The van der Waals surface area contributed by atoms with Gasteiger partial charge in [-0.2, -0.15) is 0 Å². The Hall–Kier alpha value is -2.05. The van der Waals surface area contributed by atoms with Crippen molar-refractivity contribution in [3.8, 4) is 0 Å². The highest BCUT2D eigenvalue weighted by molar-refractivity contribution is 7.92. The van der Waals surface area contributed by atoms with Crippen molar-refractivity contribution in [2.24, 2.45) is 0 Å². The van der Waals surface area contributed by atoms with E-state index in [0.717, 1.165) is 6.42 Å². The Bertz CT molecular complexity index is 940. The minimum Gasteiger partial charge on any atom is -0.462 e. The Labute approximate surface area is 172 Å². The molecule has 28 heavy (non-hydrogen) atoms. The number of carbonyl (C=O) groups is 1. The van der Waals surface area contributed by atoms with Gasteiger partial charge in [0, 0.05) is 11.6 Å². The van der Waals surface area contributed by atoms with Crippen LogP contribution in [0.2, 0.25) is 5.02 Å². The maximum atomic E-state index is 13.4. The lowest BCUT2D eigenvalue weighted by molar-refractivity contribution is 0.0526. The molecule has 0 unspecified atom stereocenters. The molecule has 7 heteroatoms. The third kappa shape index (κ3) is 4.86. The Morgan fingerprint density at radius 3 is 2.29 bits per heavy atom. The van der Waals surface area contributed by atoms with Crippen LogP contribution in [0, 0.1) is 13.8 Å². The third-order valence-electron chi connectivity index (χ3n) is 4.41. The van der Waals surface area contributed by atoms with Gasteiger partial charge in [0.25, 0.3) is 10.0 Å². The molecule has 0 aromatic heterocycles. The van der Waals surface area contributed by atoms with Gasteiger partial charge in [0.1, 0.15) is 0 Å². The molecule has 152 valence electrons. The van der Waals surface area contributed by atoms with E-state index < -0.39 is 16.0 Å². The van der Waals surface area contributed by atoms with Gasteiger partial charge in [-0.1, -0.05) is 24.9 Å². The molecular formula is C21H26ClNO4S. The second kappa shape index (κ2) is 9.43. The third-order valence-corrected chi connectivity index (χ3v) is 6.78. The molecule has 5 nitrogen and oxygen atoms in total. The number of unbranched alkanes of at least 4 members (excludes halogenated alkanes) is 1. The number of carbonyl (C=O) groups excluding carboxylic acids is 1. The molecule has 0 saturated carbocycles. The van der Waals surface area contributed by atoms with E-state index in [1.807, 2.05) is 6.92 Å².